The van der Waals surface area contributed by atoms with E-state index in [2.05, 4.69) is 4.72 Å². The molecule has 1 atom stereocenters. The Kier molecular flexibility index (Phi) is 4.96. The van der Waals surface area contributed by atoms with Gasteiger partial charge in [0.2, 0.25) is 10.0 Å². The van der Waals surface area contributed by atoms with E-state index in [9.17, 15) is 8.42 Å². The zero-order valence-electron chi connectivity index (χ0n) is 11.1. The monoisotopic (exact) mass is 282 g/mol. The van der Waals surface area contributed by atoms with Gasteiger partial charge < -0.3 is 5.73 Å². The van der Waals surface area contributed by atoms with Gasteiger partial charge in [0.25, 0.3) is 0 Å². The number of hydrogen-bond donors (Lipinski definition) is 2. The predicted octanol–water partition coefficient (Wildman–Crippen LogP) is 1.94. The van der Waals surface area contributed by atoms with Crippen LogP contribution in [-0.2, 0) is 10.0 Å². The summed E-state index contributed by atoms with van der Waals surface area (Å²) in [5.74, 6) is 0. The van der Waals surface area contributed by atoms with Gasteiger partial charge in [0.05, 0.1) is 5.25 Å². The number of sulfonamides is 1. The van der Waals surface area contributed by atoms with Crippen molar-refractivity contribution in [2.75, 3.05) is 6.54 Å². The number of rotatable bonds is 6. The highest BCUT2D eigenvalue weighted by atomic mass is 32.2. The predicted molar refractivity (Wildman–Crippen MR) is 77.2 cm³/mol. The lowest BCUT2D eigenvalue weighted by Gasteiger charge is -2.15. The molecule has 0 radical (unpaired) electrons. The maximum Gasteiger partial charge on any atom is 0.214 e. The molecule has 4 nitrogen and oxygen atoms in total. The first-order valence-electron chi connectivity index (χ1n) is 6.88. The highest BCUT2D eigenvalue weighted by Crippen LogP contribution is 2.24. The van der Waals surface area contributed by atoms with Crippen molar-refractivity contribution >= 4 is 10.0 Å². The molecule has 3 N–H and O–H groups in total. The molecular formula is C14H22N2O2S. The van der Waals surface area contributed by atoms with Crippen LogP contribution in [-0.4, -0.2) is 20.2 Å². The van der Waals surface area contributed by atoms with Gasteiger partial charge in [-0.3, -0.25) is 0 Å². The van der Waals surface area contributed by atoms with Gasteiger partial charge in [-0.05, 0) is 24.8 Å². The van der Waals surface area contributed by atoms with Gasteiger partial charge in [-0.1, -0.05) is 43.2 Å². The normalized spacial score (nSPS) is 18.6. The molecule has 5 heteroatoms. The van der Waals surface area contributed by atoms with E-state index in [0.29, 0.717) is 13.0 Å². The van der Waals surface area contributed by atoms with Crippen LogP contribution in [0, 0.1) is 0 Å². The van der Waals surface area contributed by atoms with Crippen LogP contribution in [0.1, 0.15) is 43.7 Å². The molecule has 0 saturated heterocycles. The molecule has 1 aliphatic rings. The van der Waals surface area contributed by atoms with Gasteiger partial charge in [0.1, 0.15) is 0 Å². The van der Waals surface area contributed by atoms with Crippen LogP contribution in [0.25, 0.3) is 0 Å². The van der Waals surface area contributed by atoms with Crippen molar-refractivity contribution in [3.8, 4) is 0 Å². The summed E-state index contributed by atoms with van der Waals surface area (Å²) in [4.78, 5) is 0. The topological polar surface area (TPSA) is 72.2 Å². The fourth-order valence-electron chi connectivity index (χ4n) is 2.54. The van der Waals surface area contributed by atoms with Gasteiger partial charge >= 0.3 is 0 Å². The summed E-state index contributed by atoms with van der Waals surface area (Å²) in [6.45, 7) is 0.412. The molecule has 0 bridgehead atoms. The molecule has 2 rings (SSSR count). The van der Waals surface area contributed by atoms with Gasteiger partial charge in [0.15, 0.2) is 0 Å². The van der Waals surface area contributed by atoms with Crippen LogP contribution < -0.4 is 10.5 Å². The fourth-order valence-corrected chi connectivity index (χ4v) is 4.13. The van der Waals surface area contributed by atoms with Crippen molar-refractivity contribution in [1.29, 1.82) is 0 Å². The highest BCUT2D eigenvalue weighted by molar-refractivity contribution is 7.90. The van der Waals surface area contributed by atoms with Crippen molar-refractivity contribution in [3.05, 3.63) is 35.9 Å². The lowest BCUT2D eigenvalue weighted by Crippen LogP contribution is -2.34. The Bertz CT molecular complexity index is 481. The first kappa shape index (κ1) is 14.5. The summed E-state index contributed by atoms with van der Waals surface area (Å²) >= 11 is 0. The quantitative estimate of drug-likeness (QED) is 0.837. The van der Waals surface area contributed by atoms with E-state index in [4.69, 9.17) is 5.73 Å². The Balaban J connectivity index is 1.80. The Morgan fingerprint density at radius 2 is 1.84 bits per heavy atom. The second kappa shape index (κ2) is 6.50. The third-order valence-corrected chi connectivity index (χ3v) is 5.68. The summed E-state index contributed by atoms with van der Waals surface area (Å²) < 4.78 is 26.7. The van der Waals surface area contributed by atoms with Crippen LogP contribution in [0.5, 0.6) is 0 Å². The molecule has 1 unspecified atom stereocenters. The Morgan fingerprint density at radius 3 is 2.47 bits per heavy atom. The third kappa shape index (κ3) is 4.03. The lowest BCUT2D eigenvalue weighted by atomic mass is 10.1. The van der Waals surface area contributed by atoms with Crippen molar-refractivity contribution in [1.82, 2.24) is 4.72 Å². The second-order valence-corrected chi connectivity index (χ2v) is 7.20. The van der Waals surface area contributed by atoms with E-state index < -0.39 is 10.0 Å². The average molecular weight is 282 g/mol. The Morgan fingerprint density at radius 1 is 1.21 bits per heavy atom. The van der Waals surface area contributed by atoms with Gasteiger partial charge in [0, 0.05) is 12.6 Å². The van der Waals surface area contributed by atoms with Crippen molar-refractivity contribution in [2.24, 2.45) is 5.73 Å². The minimum atomic E-state index is -3.14. The van der Waals surface area contributed by atoms with Crippen molar-refractivity contribution in [2.45, 2.75) is 43.4 Å². The standard InChI is InChI=1S/C14H22N2O2S/c15-14(12-6-2-1-3-7-12)10-11-16-19(17,18)13-8-4-5-9-13/h1-3,6-7,13-14,16H,4-5,8-11,15H2. The Hall–Kier alpha value is -0.910. The third-order valence-electron chi connectivity index (χ3n) is 3.73. The lowest BCUT2D eigenvalue weighted by molar-refractivity contribution is 0.554. The smallest absolute Gasteiger partial charge is 0.214 e. The Labute approximate surface area is 115 Å². The molecule has 0 aliphatic heterocycles. The molecule has 0 spiro atoms. The summed E-state index contributed by atoms with van der Waals surface area (Å²) in [7, 11) is -3.14. The number of benzene rings is 1. The van der Waals surface area contributed by atoms with E-state index in [1.54, 1.807) is 0 Å². The number of hydrogen-bond acceptors (Lipinski definition) is 3. The molecule has 19 heavy (non-hydrogen) atoms. The molecule has 1 aliphatic carbocycles. The SMILES string of the molecule is NC(CCNS(=O)(=O)C1CCCC1)c1ccccc1. The van der Waals surface area contributed by atoms with E-state index in [1.807, 2.05) is 30.3 Å². The molecule has 1 fully saturated rings. The molecule has 0 aromatic heterocycles. The molecular weight excluding hydrogens is 260 g/mol. The van der Waals surface area contributed by atoms with Crippen LogP contribution in [0.2, 0.25) is 0 Å². The van der Waals surface area contributed by atoms with E-state index in [0.717, 1.165) is 31.2 Å². The summed E-state index contributed by atoms with van der Waals surface area (Å²) in [6, 6.07) is 9.65. The zero-order chi connectivity index (χ0) is 13.7. The van der Waals surface area contributed by atoms with Crippen LogP contribution in [0.3, 0.4) is 0 Å². The maximum atomic E-state index is 12.0. The van der Waals surface area contributed by atoms with Crippen LogP contribution in [0.4, 0.5) is 0 Å². The maximum absolute atomic E-state index is 12.0. The first-order chi connectivity index (χ1) is 9.09. The van der Waals surface area contributed by atoms with E-state index in [-0.39, 0.29) is 11.3 Å². The van der Waals surface area contributed by atoms with E-state index >= 15 is 0 Å². The molecule has 1 aromatic carbocycles. The minimum Gasteiger partial charge on any atom is -0.324 e. The summed E-state index contributed by atoms with van der Waals surface area (Å²) in [6.07, 6.45) is 4.25. The molecule has 1 aromatic rings. The second-order valence-electron chi connectivity index (χ2n) is 5.15. The van der Waals surface area contributed by atoms with Crippen LogP contribution in [0.15, 0.2) is 30.3 Å². The minimum absolute atomic E-state index is 0.118. The van der Waals surface area contributed by atoms with Gasteiger partial charge in [-0.15, -0.1) is 0 Å². The van der Waals surface area contributed by atoms with Crippen LogP contribution >= 0.6 is 0 Å². The zero-order valence-corrected chi connectivity index (χ0v) is 11.9. The molecule has 106 valence electrons. The number of nitrogens with one attached hydrogen (secondary N) is 1. The molecule has 0 amide bonds. The summed E-state index contributed by atoms with van der Waals surface area (Å²) in [5, 5.41) is -0.194. The first-order valence-corrected chi connectivity index (χ1v) is 8.43. The van der Waals surface area contributed by atoms with Crippen molar-refractivity contribution in [3.63, 3.8) is 0 Å². The largest absolute Gasteiger partial charge is 0.324 e. The number of nitrogens with two attached hydrogens (primary N) is 1. The summed E-state index contributed by atoms with van der Waals surface area (Å²) in [5.41, 5.74) is 7.09. The van der Waals surface area contributed by atoms with Gasteiger partial charge in [-0.25, -0.2) is 13.1 Å². The molecule has 0 heterocycles. The van der Waals surface area contributed by atoms with Crippen molar-refractivity contribution < 1.29 is 8.42 Å². The average Bonchev–Trinajstić information content (AvgIpc) is 2.94. The fraction of sp³-hybridized carbons (Fsp3) is 0.571. The highest BCUT2D eigenvalue weighted by Gasteiger charge is 2.28. The van der Waals surface area contributed by atoms with Gasteiger partial charge in [-0.2, -0.15) is 0 Å². The molecule has 1 saturated carbocycles. The van der Waals surface area contributed by atoms with E-state index in [1.165, 1.54) is 0 Å².